The first-order valence-electron chi connectivity index (χ1n) is 9.81. The summed E-state index contributed by atoms with van der Waals surface area (Å²) in [4.78, 5) is 20.2. The van der Waals surface area contributed by atoms with Gasteiger partial charge in [0.2, 0.25) is 0 Å². The number of hydrogen-bond donors (Lipinski definition) is 0. The van der Waals surface area contributed by atoms with Gasteiger partial charge in [0.25, 0.3) is 0 Å². The lowest BCUT2D eigenvalue weighted by Crippen LogP contribution is -2.41. The van der Waals surface area contributed by atoms with Gasteiger partial charge in [0.05, 0.1) is 5.69 Å². The molecule has 0 spiro atoms. The Bertz CT molecular complexity index is 970. The number of aromatic nitrogens is 1. The topological polar surface area (TPSA) is 33.2 Å². The molecule has 1 atom stereocenters. The summed E-state index contributed by atoms with van der Waals surface area (Å²) in [6.07, 6.45) is 3.41. The van der Waals surface area contributed by atoms with Crippen molar-refractivity contribution in [1.29, 1.82) is 0 Å². The van der Waals surface area contributed by atoms with E-state index < -0.39 is 6.04 Å². The molecule has 1 aromatic heterocycles. The number of rotatable bonds is 5. The Morgan fingerprint density at radius 1 is 1.00 bits per heavy atom. The lowest BCUT2D eigenvalue weighted by Gasteiger charge is -2.35. The SMILES string of the molecule is O=C(c1ccccc1)C(c1cc(-c2ccc(F)cc2)ccn1)N1CCC(Cl)CC1. The van der Waals surface area contributed by atoms with Crippen molar-refractivity contribution in [1.82, 2.24) is 9.88 Å². The number of halogens is 2. The summed E-state index contributed by atoms with van der Waals surface area (Å²) in [5, 5.41) is 0.150. The summed E-state index contributed by atoms with van der Waals surface area (Å²) < 4.78 is 13.3. The van der Waals surface area contributed by atoms with E-state index in [0.717, 1.165) is 37.1 Å². The van der Waals surface area contributed by atoms with Crippen molar-refractivity contribution in [2.75, 3.05) is 13.1 Å². The molecule has 3 nitrogen and oxygen atoms in total. The van der Waals surface area contributed by atoms with Gasteiger partial charge in [-0.05, 0) is 48.2 Å². The number of piperidine rings is 1. The van der Waals surface area contributed by atoms with Gasteiger partial charge in [-0.1, -0.05) is 42.5 Å². The van der Waals surface area contributed by atoms with Gasteiger partial charge in [0, 0.05) is 30.2 Å². The van der Waals surface area contributed by atoms with Crippen molar-refractivity contribution in [2.45, 2.75) is 24.3 Å². The highest BCUT2D eigenvalue weighted by Crippen LogP contribution is 2.30. The van der Waals surface area contributed by atoms with Crippen molar-refractivity contribution in [3.8, 4) is 11.1 Å². The second-order valence-electron chi connectivity index (χ2n) is 7.32. The van der Waals surface area contributed by atoms with Gasteiger partial charge in [-0.3, -0.25) is 14.7 Å². The molecule has 1 unspecified atom stereocenters. The first kappa shape index (κ1) is 19.7. The van der Waals surface area contributed by atoms with Gasteiger partial charge in [-0.2, -0.15) is 0 Å². The third-order valence-electron chi connectivity index (χ3n) is 5.37. The molecule has 4 rings (SSSR count). The Morgan fingerprint density at radius 3 is 2.38 bits per heavy atom. The van der Waals surface area contributed by atoms with E-state index in [4.69, 9.17) is 11.6 Å². The average molecular weight is 409 g/mol. The Morgan fingerprint density at radius 2 is 1.69 bits per heavy atom. The number of likely N-dealkylation sites (tertiary alicyclic amines) is 1. The van der Waals surface area contributed by atoms with Crippen LogP contribution in [-0.4, -0.2) is 34.1 Å². The van der Waals surface area contributed by atoms with Crippen LogP contribution in [0, 0.1) is 5.82 Å². The first-order chi connectivity index (χ1) is 14.1. The molecule has 0 bridgehead atoms. The maximum atomic E-state index is 13.5. The lowest BCUT2D eigenvalue weighted by atomic mass is 9.95. The van der Waals surface area contributed by atoms with Crippen LogP contribution >= 0.6 is 11.6 Å². The number of pyridine rings is 1. The van der Waals surface area contributed by atoms with Crippen molar-refractivity contribution >= 4 is 17.4 Å². The number of carbonyl (C=O) groups is 1. The molecule has 0 N–H and O–H groups in total. The molecular weight excluding hydrogens is 387 g/mol. The van der Waals surface area contributed by atoms with E-state index in [1.807, 2.05) is 42.5 Å². The highest BCUT2D eigenvalue weighted by Gasteiger charge is 2.32. The molecule has 148 valence electrons. The number of ketones is 1. The number of carbonyl (C=O) groups excluding carboxylic acids is 1. The summed E-state index contributed by atoms with van der Waals surface area (Å²) in [5.74, 6) is -0.244. The molecule has 2 aromatic carbocycles. The van der Waals surface area contributed by atoms with Crippen molar-refractivity contribution in [3.63, 3.8) is 0 Å². The molecule has 29 heavy (non-hydrogen) atoms. The van der Waals surface area contributed by atoms with Gasteiger partial charge >= 0.3 is 0 Å². The fourth-order valence-corrected chi connectivity index (χ4v) is 3.99. The number of hydrogen-bond acceptors (Lipinski definition) is 3. The third kappa shape index (κ3) is 4.55. The van der Waals surface area contributed by atoms with Crippen LogP contribution in [-0.2, 0) is 0 Å². The molecule has 0 saturated carbocycles. The molecule has 0 amide bonds. The standard InChI is InChI=1S/C24H22ClFN2O/c25-20-11-14-28(15-12-20)23(24(29)18-4-2-1-3-5-18)22-16-19(10-13-27-22)17-6-8-21(26)9-7-17/h1-10,13,16,20,23H,11-12,14-15H2. The van der Waals surface area contributed by atoms with Crippen LogP contribution in [0.4, 0.5) is 4.39 Å². The number of benzene rings is 2. The summed E-state index contributed by atoms with van der Waals surface area (Å²) in [6.45, 7) is 1.50. The normalized spacial score (nSPS) is 16.5. The van der Waals surface area contributed by atoms with Crippen LogP contribution in [0.15, 0.2) is 72.9 Å². The van der Waals surface area contributed by atoms with Crippen LogP contribution in [0.2, 0.25) is 0 Å². The largest absolute Gasteiger partial charge is 0.292 e. The van der Waals surface area contributed by atoms with Crippen LogP contribution in [0.25, 0.3) is 11.1 Å². The van der Waals surface area contributed by atoms with Crippen molar-refractivity contribution in [3.05, 3.63) is 90.0 Å². The summed E-state index contributed by atoms with van der Waals surface area (Å²) in [7, 11) is 0. The van der Waals surface area contributed by atoms with E-state index in [-0.39, 0.29) is 17.0 Å². The molecule has 0 radical (unpaired) electrons. The Balaban J connectivity index is 1.72. The predicted molar refractivity (Wildman–Crippen MR) is 114 cm³/mol. The minimum atomic E-state index is -0.470. The van der Waals surface area contributed by atoms with E-state index >= 15 is 0 Å². The molecule has 1 aliphatic rings. The van der Waals surface area contributed by atoms with E-state index in [0.29, 0.717) is 11.3 Å². The van der Waals surface area contributed by atoms with Gasteiger partial charge < -0.3 is 0 Å². The van der Waals surface area contributed by atoms with Crippen LogP contribution in [0.5, 0.6) is 0 Å². The van der Waals surface area contributed by atoms with Gasteiger partial charge in [0.1, 0.15) is 11.9 Å². The molecule has 0 aliphatic carbocycles. The Kier molecular flexibility index (Phi) is 6.02. The van der Waals surface area contributed by atoms with Gasteiger partial charge in [-0.15, -0.1) is 11.6 Å². The molecule has 5 heteroatoms. The van der Waals surface area contributed by atoms with E-state index in [2.05, 4.69) is 9.88 Å². The van der Waals surface area contributed by atoms with Crippen molar-refractivity contribution in [2.24, 2.45) is 0 Å². The van der Waals surface area contributed by atoms with Gasteiger partial charge in [0.15, 0.2) is 5.78 Å². The van der Waals surface area contributed by atoms with E-state index in [1.165, 1.54) is 12.1 Å². The Labute approximate surface area is 175 Å². The summed E-state index contributed by atoms with van der Waals surface area (Å²) in [5.41, 5.74) is 3.17. The second kappa shape index (κ2) is 8.85. The first-order valence-corrected chi connectivity index (χ1v) is 10.2. The Hall–Kier alpha value is -2.56. The van der Waals surface area contributed by atoms with Crippen LogP contribution in [0.3, 0.4) is 0 Å². The van der Waals surface area contributed by atoms with E-state index in [9.17, 15) is 9.18 Å². The number of alkyl halides is 1. The number of Topliss-reactive ketones (excluding diaryl/α,β-unsaturated/α-hetero) is 1. The maximum absolute atomic E-state index is 13.5. The second-order valence-corrected chi connectivity index (χ2v) is 7.94. The molecule has 1 aliphatic heterocycles. The van der Waals surface area contributed by atoms with Crippen molar-refractivity contribution < 1.29 is 9.18 Å². The molecule has 1 fully saturated rings. The zero-order valence-electron chi connectivity index (χ0n) is 16.0. The molecule has 2 heterocycles. The van der Waals surface area contributed by atoms with Crippen LogP contribution in [0.1, 0.15) is 34.9 Å². The zero-order chi connectivity index (χ0) is 20.2. The molecule has 1 saturated heterocycles. The predicted octanol–water partition coefficient (Wildman–Crippen LogP) is 5.51. The highest BCUT2D eigenvalue weighted by atomic mass is 35.5. The zero-order valence-corrected chi connectivity index (χ0v) is 16.7. The number of nitrogens with zero attached hydrogens (tertiary/aromatic N) is 2. The fourth-order valence-electron chi connectivity index (χ4n) is 3.79. The van der Waals surface area contributed by atoms with E-state index in [1.54, 1.807) is 18.3 Å². The summed E-state index contributed by atoms with van der Waals surface area (Å²) in [6, 6.07) is 19.0. The van der Waals surface area contributed by atoms with Gasteiger partial charge in [-0.25, -0.2) is 4.39 Å². The smallest absolute Gasteiger partial charge is 0.186 e. The average Bonchev–Trinajstić information content (AvgIpc) is 2.76. The highest BCUT2D eigenvalue weighted by molar-refractivity contribution is 6.20. The molecule has 3 aromatic rings. The fraction of sp³-hybridized carbons (Fsp3) is 0.250. The quantitative estimate of drug-likeness (QED) is 0.412. The monoisotopic (exact) mass is 408 g/mol. The maximum Gasteiger partial charge on any atom is 0.186 e. The minimum Gasteiger partial charge on any atom is -0.292 e. The minimum absolute atomic E-state index is 0.0300. The lowest BCUT2D eigenvalue weighted by molar-refractivity contribution is 0.0778. The summed E-state index contributed by atoms with van der Waals surface area (Å²) >= 11 is 6.29. The third-order valence-corrected chi connectivity index (χ3v) is 5.81. The molecular formula is C24H22ClFN2O. The van der Waals surface area contributed by atoms with Crippen LogP contribution < -0.4 is 0 Å².